The summed E-state index contributed by atoms with van der Waals surface area (Å²) in [5, 5.41) is 17.3. The van der Waals surface area contributed by atoms with Crippen molar-refractivity contribution < 1.29 is 4.39 Å². The highest BCUT2D eigenvalue weighted by Gasteiger charge is 2.14. The van der Waals surface area contributed by atoms with Crippen molar-refractivity contribution in [2.24, 2.45) is 12.8 Å². The van der Waals surface area contributed by atoms with Gasteiger partial charge in [-0.2, -0.15) is 10.2 Å². The molecule has 0 spiro atoms. The Morgan fingerprint density at radius 2 is 1.94 bits per heavy atom. The second kappa shape index (κ2) is 10.1. The number of thioether (sulfide) groups is 1. The average Bonchev–Trinajstić information content (AvgIpc) is 3.23. The van der Waals surface area contributed by atoms with E-state index in [9.17, 15) is 4.39 Å². The number of hydrogen-bond donors (Lipinski definition) is 2. The van der Waals surface area contributed by atoms with Crippen LogP contribution in [0.3, 0.4) is 0 Å². The van der Waals surface area contributed by atoms with Crippen molar-refractivity contribution in [2.75, 3.05) is 5.75 Å². The first-order chi connectivity index (χ1) is 16.0. The summed E-state index contributed by atoms with van der Waals surface area (Å²) in [5.41, 5.74) is 9.76. The van der Waals surface area contributed by atoms with E-state index in [0.717, 1.165) is 21.7 Å². The molecule has 33 heavy (non-hydrogen) atoms. The first kappa shape index (κ1) is 22.2. The number of aryl methyl sites for hydroxylation is 1. The molecule has 1 aromatic carbocycles. The first-order valence-electron chi connectivity index (χ1n) is 10.1. The standard InChI is InChI=1S/C24H22FN7S/c1-31-16-19(24(30-31)17-6-8-18(25)9-7-17)20-10-11-23(27)32(29-20)13-4-14-33-22(15-26)21-5-2-3-12-28-21/h2-13,15-16,27H,14,26H2,1H3/b13-4+,22-15-,27-23?. The molecule has 0 bridgehead atoms. The molecule has 7 nitrogen and oxygen atoms in total. The first-order valence-corrected chi connectivity index (χ1v) is 11.1. The minimum Gasteiger partial charge on any atom is -0.404 e. The van der Waals surface area contributed by atoms with Crippen LogP contribution in [-0.4, -0.2) is 30.3 Å². The van der Waals surface area contributed by atoms with Crippen LogP contribution in [0, 0.1) is 11.2 Å². The lowest BCUT2D eigenvalue weighted by molar-refractivity contribution is 0.628. The van der Waals surface area contributed by atoms with Gasteiger partial charge in [0.25, 0.3) is 0 Å². The number of nitrogens with one attached hydrogen (secondary N) is 1. The van der Waals surface area contributed by atoms with Crippen LogP contribution in [0.15, 0.2) is 79.3 Å². The minimum atomic E-state index is -0.301. The lowest BCUT2D eigenvalue weighted by atomic mass is 10.1. The Morgan fingerprint density at radius 1 is 1.12 bits per heavy atom. The SMILES string of the molecule is Cn1cc(-c2ccc(=N)n(/C=C/CS/C(=C\N)c3ccccn3)n2)c(-c2ccc(F)cc2)n1. The van der Waals surface area contributed by atoms with Crippen LogP contribution in [0.5, 0.6) is 0 Å². The zero-order chi connectivity index (χ0) is 23.2. The van der Waals surface area contributed by atoms with Gasteiger partial charge in [-0.3, -0.25) is 15.1 Å². The Bertz CT molecular complexity index is 1360. The van der Waals surface area contributed by atoms with E-state index in [-0.39, 0.29) is 11.3 Å². The van der Waals surface area contributed by atoms with Gasteiger partial charge >= 0.3 is 0 Å². The molecule has 0 saturated heterocycles. The van der Waals surface area contributed by atoms with Crippen LogP contribution < -0.4 is 11.2 Å². The van der Waals surface area contributed by atoms with E-state index >= 15 is 0 Å². The van der Waals surface area contributed by atoms with Gasteiger partial charge < -0.3 is 5.73 Å². The maximum absolute atomic E-state index is 13.4. The van der Waals surface area contributed by atoms with Crippen LogP contribution in [0.1, 0.15) is 5.69 Å². The molecule has 0 fully saturated rings. The number of rotatable bonds is 7. The normalized spacial score (nSPS) is 11.9. The molecule has 0 unspecified atom stereocenters. The lowest BCUT2D eigenvalue weighted by Gasteiger charge is -2.06. The molecule has 0 amide bonds. The average molecular weight is 460 g/mol. The molecule has 0 saturated carbocycles. The number of nitrogens with two attached hydrogens (primary N) is 1. The zero-order valence-corrected chi connectivity index (χ0v) is 18.7. The van der Waals surface area contributed by atoms with Gasteiger partial charge in [-0.15, -0.1) is 11.8 Å². The van der Waals surface area contributed by atoms with Crippen molar-refractivity contribution in [3.63, 3.8) is 0 Å². The van der Waals surface area contributed by atoms with Crippen molar-refractivity contribution in [1.29, 1.82) is 5.41 Å². The number of aromatic nitrogens is 5. The highest BCUT2D eigenvalue weighted by atomic mass is 32.2. The quantitative estimate of drug-likeness (QED) is 0.433. The molecule has 0 aliphatic carbocycles. The smallest absolute Gasteiger partial charge is 0.145 e. The number of benzene rings is 1. The van der Waals surface area contributed by atoms with Gasteiger partial charge in [0.05, 0.1) is 11.4 Å². The van der Waals surface area contributed by atoms with Crippen molar-refractivity contribution in [2.45, 2.75) is 0 Å². The second-order valence-corrected chi connectivity index (χ2v) is 8.12. The monoisotopic (exact) mass is 459 g/mol. The second-order valence-electron chi connectivity index (χ2n) is 7.06. The fourth-order valence-corrected chi connectivity index (χ4v) is 3.92. The van der Waals surface area contributed by atoms with Crippen LogP contribution in [0.25, 0.3) is 33.6 Å². The van der Waals surface area contributed by atoms with Gasteiger partial charge in [-0.25, -0.2) is 9.07 Å². The third kappa shape index (κ3) is 5.27. The van der Waals surface area contributed by atoms with Crippen molar-refractivity contribution >= 4 is 22.9 Å². The highest BCUT2D eigenvalue weighted by molar-refractivity contribution is 8.08. The van der Waals surface area contributed by atoms with Gasteiger partial charge in [0.1, 0.15) is 17.0 Å². The molecule has 3 aromatic heterocycles. The Kier molecular flexibility index (Phi) is 6.80. The molecule has 4 aromatic rings. The van der Waals surface area contributed by atoms with Gasteiger partial charge in [0.15, 0.2) is 0 Å². The maximum Gasteiger partial charge on any atom is 0.145 e. The van der Waals surface area contributed by atoms with E-state index in [4.69, 9.17) is 11.1 Å². The van der Waals surface area contributed by atoms with Crippen molar-refractivity contribution in [1.82, 2.24) is 24.5 Å². The molecule has 166 valence electrons. The summed E-state index contributed by atoms with van der Waals surface area (Å²) in [5.74, 6) is 0.329. The summed E-state index contributed by atoms with van der Waals surface area (Å²) >= 11 is 1.55. The Labute approximate surface area is 194 Å². The maximum atomic E-state index is 13.4. The molecule has 0 aliphatic heterocycles. The van der Waals surface area contributed by atoms with Gasteiger partial charge in [0.2, 0.25) is 0 Å². The molecule has 9 heteroatoms. The molecule has 3 N–H and O–H groups in total. The predicted octanol–water partition coefficient (Wildman–Crippen LogP) is 4.13. The molecule has 0 aliphatic rings. The molecule has 3 heterocycles. The fourth-order valence-electron chi connectivity index (χ4n) is 3.19. The van der Waals surface area contributed by atoms with E-state index in [0.29, 0.717) is 17.1 Å². The fraction of sp³-hybridized carbons (Fsp3) is 0.0833. The van der Waals surface area contributed by atoms with E-state index in [1.165, 1.54) is 16.8 Å². The van der Waals surface area contributed by atoms with E-state index in [1.54, 1.807) is 59.3 Å². The van der Waals surface area contributed by atoms with Crippen molar-refractivity contribution in [3.8, 4) is 22.5 Å². The van der Waals surface area contributed by atoms with Crippen LogP contribution >= 0.6 is 11.8 Å². The molecule has 0 radical (unpaired) electrons. The minimum absolute atomic E-state index is 0.242. The van der Waals surface area contributed by atoms with Crippen LogP contribution in [0.2, 0.25) is 0 Å². The van der Waals surface area contributed by atoms with Crippen LogP contribution in [0.4, 0.5) is 4.39 Å². The lowest BCUT2D eigenvalue weighted by Crippen LogP contribution is -2.17. The summed E-state index contributed by atoms with van der Waals surface area (Å²) in [7, 11) is 1.82. The molecular formula is C24H22FN7S. The summed E-state index contributed by atoms with van der Waals surface area (Å²) < 4.78 is 16.6. The topological polar surface area (TPSA) is 98.4 Å². The van der Waals surface area contributed by atoms with Crippen LogP contribution in [-0.2, 0) is 7.05 Å². The summed E-state index contributed by atoms with van der Waals surface area (Å²) in [6, 6.07) is 15.3. The Hall–Kier alpha value is -3.98. The predicted molar refractivity (Wildman–Crippen MR) is 130 cm³/mol. The molecule has 0 atom stereocenters. The van der Waals surface area contributed by atoms with Gasteiger partial charge in [-0.05, 0) is 48.5 Å². The summed E-state index contributed by atoms with van der Waals surface area (Å²) in [6.45, 7) is 0. The van der Waals surface area contributed by atoms with E-state index in [1.807, 2.05) is 37.5 Å². The number of hydrogen-bond acceptors (Lipinski definition) is 6. The van der Waals surface area contributed by atoms with Gasteiger partial charge in [-0.1, -0.05) is 12.1 Å². The number of nitrogens with zero attached hydrogens (tertiary/aromatic N) is 5. The third-order valence-electron chi connectivity index (χ3n) is 4.73. The Balaban J connectivity index is 1.56. The van der Waals surface area contributed by atoms with Crippen molar-refractivity contribution in [3.05, 3.63) is 96.3 Å². The zero-order valence-electron chi connectivity index (χ0n) is 17.9. The third-order valence-corrected chi connectivity index (χ3v) is 5.75. The Morgan fingerprint density at radius 3 is 2.67 bits per heavy atom. The summed E-state index contributed by atoms with van der Waals surface area (Å²) in [4.78, 5) is 5.19. The van der Waals surface area contributed by atoms with E-state index < -0.39 is 0 Å². The molecule has 4 rings (SSSR count). The number of halogens is 1. The van der Waals surface area contributed by atoms with Gasteiger partial charge in [0, 0.05) is 53.6 Å². The van der Waals surface area contributed by atoms with E-state index in [2.05, 4.69) is 15.2 Å². The number of pyridine rings is 1. The highest BCUT2D eigenvalue weighted by Crippen LogP contribution is 2.29. The largest absolute Gasteiger partial charge is 0.404 e. The summed E-state index contributed by atoms with van der Waals surface area (Å²) in [6.07, 6.45) is 8.79. The molecular weight excluding hydrogens is 437 g/mol.